The van der Waals surface area contributed by atoms with E-state index in [4.69, 9.17) is 9.47 Å². The maximum absolute atomic E-state index is 13.6. The summed E-state index contributed by atoms with van der Waals surface area (Å²) in [4.78, 5) is 28.7. The number of hydrogen-bond donors (Lipinski definition) is 0. The number of alkyl halides is 9. The SMILES string of the molecule is COC(=O)N(Cc1cc(C(F)(F)F)cc(C(F)(F)F)c1)C1CC(C2CC2)N(C(=O)OC(C)(C)C)c2ccc(OC(F)(F)F)cc21. The monoisotopic (exact) mass is 656 g/mol. The Morgan fingerprint density at radius 3 is 1.93 bits per heavy atom. The topological polar surface area (TPSA) is 68.3 Å². The Hall–Kier alpha value is -3.85. The van der Waals surface area contributed by atoms with Gasteiger partial charge in [0, 0.05) is 18.2 Å². The zero-order valence-corrected chi connectivity index (χ0v) is 24.4. The number of rotatable bonds is 5. The van der Waals surface area contributed by atoms with Crippen molar-refractivity contribution >= 4 is 17.9 Å². The van der Waals surface area contributed by atoms with Crippen LogP contribution >= 0.6 is 0 Å². The Morgan fingerprint density at radius 2 is 1.47 bits per heavy atom. The van der Waals surface area contributed by atoms with Crippen LogP contribution in [0.2, 0.25) is 0 Å². The summed E-state index contributed by atoms with van der Waals surface area (Å²) in [5, 5.41) is 0. The molecule has 7 nitrogen and oxygen atoms in total. The number of nitrogens with zero attached hydrogens (tertiary/aromatic N) is 2. The molecule has 1 saturated carbocycles. The molecule has 0 saturated heterocycles. The average Bonchev–Trinajstić information content (AvgIpc) is 3.73. The minimum absolute atomic E-state index is 0.0286. The lowest BCUT2D eigenvalue weighted by Gasteiger charge is -2.44. The van der Waals surface area contributed by atoms with Crippen LogP contribution in [0.5, 0.6) is 5.75 Å². The summed E-state index contributed by atoms with van der Waals surface area (Å²) in [6.07, 6.45) is -16.3. The van der Waals surface area contributed by atoms with E-state index in [-0.39, 0.29) is 29.7 Å². The van der Waals surface area contributed by atoms with Crippen LogP contribution in [0.15, 0.2) is 36.4 Å². The molecule has 248 valence electrons. The third-order valence-corrected chi connectivity index (χ3v) is 7.19. The third kappa shape index (κ3) is 8.25. The first-order valence-electron chi connectivity index (χ1n) is 13.6. The van der Waals surface area contributed by atoms with Crippen molar-refractivity contribution in [3.63, 3.8) is 0 Å². The van der Waals surface area contributed by atoms with Crippen molar-refractivity contribution in [3.8, 4) is 5.75 Å². The predicted octanol–water partition coefficient (Wildman–Crippen LogP) is 8.86. The van der Waals surface area contributed by atoms with Crippen molar-refractivity contribution in [1.29, 1.82) is 0 Å². The van der Waals surface area contributed by atoms with Crippen LogP contribution in [0.1, 0.15) is 68.3 Å². The number of fused-ring (bicyclic) bond motifs is 1. The molecule has 2 aromatic carbocycles. The highest BCUT2D eigenvalue weighted by Crippen LogP contribution is 2.50. The zero-order valence-electron chi connectivity index (χ0n) is 24.4. The van der Waals surface area contributed by atoms with Crippen LogP contribution in [-0.2, 0) is 28.4 Å². The number of carbonyl (C=O) groups excluding carboxylic acids is 2. The summed E-state index contributed by atoms with van der Waals surface area (Å²) < 4.78 is 135. The van der Waals surface area contributed by atoms with E-state index < -0.39 is 77.6 Å². The van der Waals surface area contributed by atoms with E-state index in [0.29, 0.717) is 25.0 Å². The van der Waals surface area contributed by atoms with E-state index in [0.717, 1.165) is 30.2 Å². The molecule has 4 rings (SSSR count). The van der Waals surface area contributed by atoms with Crippen LogP contribution in [-0.4, -0.2) is 42.2 Å². The Kier molecular flexibility index (Phi) is 8.94. The van der Waals surface area contributed by atoms with Crippen molar-refractivity contribution < 1.29 is 63.3 Å². The lowest BCUT2D eigenvalue weighted by Crippen LogP contribution is -2.51. The molecule has 1 heterocycles. The summed E-state index contributed by atoms with van der Waals surface area (Å²) in [6.45, 7) is 3.97. The molecular formula is C29H29F9N2O5. The molecule has 1 aliphatic heterocycles. The zero-order chi connectivity index (χ0) is 33.7. The van der Waals surface area contributed by atoms with Gasteiger partial charge in [0.2, 0.25) is 0 Å². The quantitative estimate of drug-likeness (QED) is 0.301. The predicted molar refractivity (Wildman–Crippen MR) is 140 cm³/mol. The highest BCUT2D eigenvalue weighted by Gasteiger charge is 2.48. The molecule has 2 amide bonds. The summed E-state index contributed by atoms with van der Waals surface area (Å²) in [5.41, 5.74) is -4.83. The van der Waals surface area contributed by atoms with Gasteiger partial charge in [0.15, 0.2) is 0 Å². The summed E-state index contributed by atoms with van der Waals surface area (Å²) in [7, 11) is 0.931. The average molecular weight is 657 g/mol. The van der Waals surface area contributed by atoms with E-state index in [1.54, 1.807) is 20.8 Å². The molecule has 0 spiro atoms. The number of ether oxygens (including phenoxy) is 3. The fourth-order valence-corrected chi connectivity index (χ4v) is 5.31. The number of halogens is 9. The second-order valence-corrected chi connectivity index (χ2v) is 11.8. The molecule has 1 fully saturated rings. The van der Waals surface area contributed by atoms with Gasteiger partial charge >= 0.3 is 30.9 Å². The standard InChI is InChI=1S/C29H29F9N2O5/c1-26(2,3)45-25(42)40-21-8-7-19(44-29(36,37)38)12-20(21)23(13-22(40)16-5-6-16)39(24(41)43-4)14-15-9-17(27(30,31)32)11-18(10-15)28(33,34)35/h7-12,16,22-23H,5-6,13-14H2,1-4H3. The van der Waals surface area contributed by atoms with Gasteiger partial charge < -0.3 is 14.2 Å². The van der Waals surface area contributed by atoms with Crippen LogP contribution < -0.4 is 9.64 Å². The van der Waals surface area contributed by atoms with E-state index >= 15 is 0 Å². The van der Waals surface area contributed by atoms with Crippen LogP contribution in [0.25, 0.3) is 0 Å². The Labute approximate surface area is 251 Å². The van der Waals surface area contributed by atoms with E-state index in [9.17, 15) is 49.1 Å². The Morgan fingerprint density at radius 1 is 0.889 bits per heavy atom. The minimum Gasteiger partial charge on any atom is -0.453 e. The maximum Gasteiger partial charge on any atom is 0.573 e. The number of hydrogen-bond acceptors (Lipinski definition) is 5. The lowest BCUT2D eigenvalue weighted by molar-refractivity contribution is -0.274. The largest absolute Gasteiger partial charge is 0.573 e. The summed E-state index contributed by atoms with van der Waals surface area (Å²) in [5.74, 6) is -0.868. The third-order valence-electron chi connectivity index (χ3n) is 7.19. The molecule has 2 atom stereocenters. The number of methoxy groups -OCH3 is 1. The second kappa shape index (κ2) is 11.8. The lowest BCUT2D eigenvalue weighted by atomic mass is 9.87. The molecule has 16 heteroatoms. The normalized spacial score (nSPS) is 19.1. The van der Waals surface area contributed by atoms with Crippen molar-refractivity contribution in [2.75, 3.05) is 12.0 Å². The van der Waals surface area contributed by atoms with Gasteiger partial charge in [0.05, 0.1) is 30.0 Å². The van der Waals surface area contributed by atoms with Gasteiger partial charge in [-0.1, -0.05) is 0 Å². The number of carbonyl (C=O) groups is 2. The summed E-state index contributed by atoms with van der Waals surface area (Å²) >= 11 is 0. The molecule has 0 N–H and O–H groups in total. The fraction of sp³-hybridized carbons (Fsp3) is 0.517. The van der Waals surface area contributed by atoms with Crippen LogP contribution in [0, 0.1) is 5.92 Å². The van der Waals surface area contributed by atoms with Crippen LogP contribution in [0.3, 0.4) is 0 Å². The van der Waals surface area contributed by atoms with Gasteiger partial charge in [-0.05, 0) is 87.9 Å². The highest BCUT2D eigenvalue weighted by molar-refractivity contribution is 5.91. The smallest absolute Gasteiger partial charge is 0.453 e. The van der Waals surface area contributed by atoms with Gasteiger partial charge in [-0.3, -0.25) is 9.80 Å². The molecule has 0 aromatic heterocycles. The first kappa shape index (κ1) is 34.0. The molecule has 0 radical (unpaired) electrons. The van der Waals surface area contributed by atoms with Crippen molar-refractivity contribution in [3.05, 3.63) is 58.7 Å². The van der Waals surface area contributed by atoms with E-state index in [1.165, 1.54) is 4.90 Å². The van der Waals surface area contributed by atoms with Gasteiger partial charge in [-0.2, -0.15) is 26.3 Å². The van der Waals surface area contributed by atoms with Crippen molar-refractivity contribution in [2.45, 2.75) is 83.0 Å². The van der Waals surface area contributed by atoms with Crippen LogP contribution in [0.4, 0.5) is 54.8 Å². The highest BCUT2D eigenvalue weighted by atomic mass is 19.4. The second-order valence-electron chi connectivity index (χ2n) is 11.8. The maximum atomic E-state index is 13.6. The molecule has 0 bridgehead atoms. The molecular weight excluding hydrogens is 627 g/mol. The number of benzene rings is 2. The number of anilines is 1. The Balaban J connectivity index is 1.88. The van der Waals surface area contributed by atoms with E-state index in [1.807, 2.05) is 0 Å². The molecule has 2 unspecified atom stereocenters. The van der Waals surface area contributed by atoms with Gasteiger partial charge in [-0.25, -0.2) is 9.59 Å². The molecule has 45 heavy (non-hydrogen) atoms. The minimum atomic E-state index is -5.17. The van der Waals surface area contributed by atoms with E-state index in [2.05, 4.69) is 4.74 Å². The Bertz CT molecular complexity index is 1400. The molecule has 2 aliphatic rings. The fourth-order valence-electron chi connectivity index (χ4n) is 5.31. The summed E-state index contributed by atoms with van der Waals surface area (Å²) in [6, 6.07) is 1.89. The van der Waals surface area contributed by atoms with Crippen molar-refractivity contribution in [1.82, 2.24) is 4.90 Å². The first-order chi connectivity index (χ1) is 20.6. The van der Waals surface area contributed by atoms with Gasteiger partial charge in [0.1, 0.15) is 11.4 Å². The van der Waals surface area contributed by atoms with Gasteiger partial charge in [0.25, 0.3) is 0 Å². The van der Waals surface area contributed by atoms with Gasteiger partial charge in [-0.15, -0.1) is 13.2 Å². The molecule has 1 aliphatic carbocycles. The molecule has 2 aromatic rings. The van der Waals surface area contributed by atoms with Crippen molar-refractivity contribution in [2.24, 2.45) is 5.92 Å². The number of amides is 2. The first-order valence-corrected chi connectivity index (χ1v) is 13.6.